The molecule has 1 atom stereocenters. The molecule has 1 aromatic heterocycles. The molecule has 24 heavy (non-hydrogen) atoms. The molecular formula is C17H15Br3FNO2. The monoisotopic (exact) mass is 521 g/mol. The summed E-state index contributed by atoms with van der Waals surface area (Å²) in [7, 11) is 0. The first-order valence-corrected chi connectivity index (χ1v) is 10.1. The van der Waals surface area contributed by atoms with Crippen LogP contribution < -0.4 is 5.43 Å². The Morgan fingerprint density at radius 3 is 2.54 bits per heavy atom. The van der Waals surface area contributed by atoms with Crippen molar-refractivity contribution >= 4 is 53.6 Å². The number of carbonyl (C=O) groups excluding carboxylic acids is 1. The summed E-state index contributed by atoms with van der Waals surface area (Å²) >= 11 is 9.83. The van der Waals surface area contributed by atoms with E-state index in [1.165, 1.54) is 12.1 Å². The average molecular weight is 524 g/mol. The van der Waals surface area contributed by atoms with Gasteiger partial charge in [-0.3, -0.25) is 9.59 Å². The molecule has 0 radical (unpaired) electrons. The molecule has 0 aliphatic rings. The maximum Gasteiger partial charge on any atom is 0.200 e. The topological polar surface area (TPSA) is 39.1 Å². The van der Waals surface area contributed by atoms with Crippen LogP contribution in [0.4, 0.5) is 4.39 Å². The van der Waals surface area contributed by atoms with E-state index in [0.29, 0.717) is 17.7 Å². The first-order chi connectivity index (χ1) is 11.3. The Balaban J connectivity index is 2.64. The second-order valence-corrected chi connectivity index (χ2v) is 9.45. The van der Waals surface area contributed by atoms with E-state index in [2.05, 4.69) is 47.8 Å². The van der Waals surface area contributed by atoms with Crippen LogP contribution in [0.2, 0.25) is 0 Å². The molecule has 0 aliphatic heterocycles. The fourth-order valence-electron chi connectivity index (χ4n) is 2.32. The van der Waals surface area contributed by atoms with Crippen molar-refractivity contribution in [3.05, 3.63) is 58.3 Å². The minimum Gasteiger partial charge on any atom is -0.353 e. The number of nitrogens with zero attached hydrogens (tertiary/aromatic N) is 1. The predicted octanol–water partition coefficient (Wildman–Crippen LogP) is 5.13. The lowest BCUT2D eigenvalue weighted by atomic mass is 10.0. The molecule has 0 amide bonds. The first kappa shape index (κ1) is 19.5. The number of aromatic nitrogens is 1. The minimum atomic E-state index is -0.594. The van der Waals surface area contributed by atoms with Gasteiger partial charge < -0.3 is 4.57 Å². The summed E-state index contributed by atoms with van der Waals surface area (Å²) in [5.74, 6) is -0.758. The lowest BCUT2D eigenvalue weighted by Crippen LogP contribution is -2.28. The highest BCUT2D eigenvalue weighted by Crippen LogP contribution is 2.24. The van der Waals surface area contributed by atoms with Gasteiger partial charge in [-0.05, 0) is 24.1 Å². The van der Waals surface area contributed by atoms with Gasteiger partial charge >= 0.3 is 0 Å². The van der Waals surface area contributed by atoms with Crippen molar-refractivity contribution in [2.24, 2.45) is 0 Å². The number of hydrogen-bond donors (Lipinski definition) is 0. The summed E-state index contributed by atoms with van der Waals surface area (Å²) in [6.45, 7) is 2.66. The van der Waals surface area contributed by atoms with E-state index in [-0.39, 0.29) is 15.1 Å². The number of hydrogen-bond acceptors (Lipinski definition) is 2. The molecule has 0 N–H and O–H groups in total. The summed E-state index contributed by atoms with van der Waals surface area (Å²) in [6, 6.07) is 5.82. The van der Waals surface area contributed by atoms with Crippen LogP contribution in [0.15, 0.2) is 41.5 Å². The van der Waals surface area contributed by atoms with Crippen LogP contribution in [0.25, 0.3) is 11.1 Å². The third kappa shape index (κ3) is 4.43. The SMILES string of the molecule is CCCn1cc(C(=O)C(Br)C(Br)Br)c(=O)c(-c2cccc(F)c2)c1. The Labute approximate surface area is 164 Å². The molecule has 0 saturated heterocycles. The van der Waals surface area contributed by atoms with E-state index in [4.69, 9.17) is 0 Å². The zero-order valence-corrected chi connectivity index (χ0v) is 17.6. The van der Waals surface area contributed by atoms with Crippen LogP contribution >= 0.6 is 47.8 Å². The number of alkyl halides is 3. The van der Waals surface area contributed by atoms with Crippen LogP contribution in [-0.2, 0) is 6.54 Å². The minimum absolute atomic E-state index is 0.0796. The van der Waals surface area contributed by atoms with Gasteiger partial charge in [-0.25, -0.2) is 4.39 Å². The van der Waals surface area contributed by atoms with E-state index in [1.54, 1.807) is 29.1 Å². The normalized spacial score (nSPS) is 12.4. The summed E-state index contributed by atoms with van der Waals surface area (Å²) in [6.07, 6.45) is 4.07. The molecule has 2 aromatic rings. The van der Waals surface area contributed by atoms with Crippen molar-refractivity contribution in [1.82, 2.24) is 4.57 Å². The van der Waals surface area contributed by atoms with Crippen molar-refractivity contribution < 1.29 is 9.18 Å². The highest BCUT2D eigenvalue weighted by molar-refractivity contribution is 9.25. The van der Waals surface area contributed by atoms with Crippen LogP contribution in [-0.4, -0.2) is 18.9 Å². The van der Waals surface area contributed by atoms with Gasteiger partial charge in [0.2, 0.25) is 0 Å². The number of rotatable bonds is 6. The van der Waals surface area contributed by atoms with Gasteiger partial charge in [0, 0.05) is 24.5 Å². The van der Waals surface area contributed by atoms with Crippen molar-refractivity contribution in [3.8, 4) is 11.1 Å². The average Bonchev–Trinajstić information content (AvgIpc) is 2.55. The lowest BCUT2D eigenvalue weighted by Gasteiger charge is -2.14. The molecule has 1 aromatic carbocycles. The molecule has 1 heterocycles. The predicted molar refractivity (Wildman–Crippen MR) is 105 cm³/mol. The van der Waals surface area contributed by atoms with Gasteiger partial charge in [0.1, 0.15) is 10.6 Å². The quantitative estimate of drug-likeness (QED) is 0.389. The second-order valence-electron chi connectivity index (χ2n) is 5.26. The molecular weight excluding hydrogens is 509 g/mol. The zero-order valence-electron chi connectivity index (χ0n) is 12.8. The third-order valence-corrected chi connectivity index (χ3v) is 6.85. The van der Waals surface area contributed by atoms with Crippen LogP contribution in [0.5, 0.6) is 0 Å². The van der Waals surface area contributed by atoms with Gasteiger partial charge in [0.25, 0.3) is 0 Å². The highest BCUT2D eigenvalue weighted by Gasteiger charge is 2.26. The maximum absolute atomic E-state index is 13.5. The van der Waals surface area contributed by atoms with Gasteiger partial charge in [0.05, 0.1) is 9.30 Å². The van der Waals surface area contributed by atoms with Gasteiger partial charge in [-0.15, -0.1) is 0 Å². The van der Waals surface area contributed by atoms with E-state index in [0.717, 1.165) is 6.42 Å². The summed E-state index contributed by atoms with van der Waals surface area (Å²) in [5.41, 5.74) is 0.452. The number of Topliss-reactive ketones (excluding diaryl/α,β-unsaturated/α-hetero) is 1. The van der Waals surface area contributed by atoms with E-state index < -0.39 is 16.1 Å². The summed E-state index contributed by atoms with van der Waals surface area (Å²) in [5, 5.41) is 0. The molecule has 3 nitrogen and oxygen atoms in total. The molecule has 0 aliphatic carbocycles. The van der Waals surface area contributed by atoms with Crippen molar-refractivity contribution in [2.75, 3.05) is 0 Å². The Kier molecular flexibility index (Phi) is 6.95. The number of pyridine rings is 1. The van der Waals surface area contributed by atoms with Crippen LogP contribution in [0, 0.1) is 5.82 Å². The third-order valence-electron chi connectivity index (χ3n) is 3.43. The number of ketones is 1. The summed E-state index contributed by atoms with van der Waals surface area (Å²) < 4.78 is 15.0. The first-order valence-electron chi connectivity index (χ1n) is 7.31. The fraction of sp³-hybridized carbons (Fsp3) is 0.294. The molecule has 0 fully saturated rings. The number of benzene rings is 1. The Hall–Kier alpha value is -0.790. The Bertz CT molecular complexity index is 805. The second kappa shape index (κ2) is 8.54. The molecule has 128 valence electrons. The summed E-state index contributed by atoms with van der Waals surface area (Å²) in [4.78, 5) is 24.8. The number of halogens is 4. The molecule has 0 spiro atoms. The number of carbonyl (C=O) groups is 1. The fourth-order valence-corrected chi connectivity index (χ4v) is 3.05. The van der Waals surface area contributed by atoms with E-state index in [1.807, 2.05) is 6.92 Å². The molecule has 7 heteroatoms. The molecule has 0 bridgehead atoms. The van der Waals surface area contributed by atoms with Gasteiger partial charge in [0.15, 0.2) is 11.2 Å². The van der Waals surface area contributed by atoms with Gasteiger partial charge in [-0.2, -0.15) is 0 Å². The Morgan fingerprint density at radius 2 is 1.96 bits per heavy atom. The highest BCUT2D eigenvalue weighted by atomic mass is 79.9. The Morgan fingerprint density at radius 1 is 1.25 bits per heavy atom. The molecule has 0 saturated carbocycles. The zero-order chi connectivity index (χ0) is 17.9. The van der Waals surface area contributed by atoms with Crippen molar-refractivity contribution in [3.63, 3.8) is 0 Å². The van der Waals surface area contributed by atoms with Crippen molar-refractivity contribution in [1.29, 1.82) is 0 Å². The standard InChI is InChI=1S/C17H15Br3FNO2/c1-2-6-22-8-12(10-4-3-5-11(21)7-10)15(23)13(9-22)16(24)14(18)17(19)20/h3-5,7-9,14,17H,2,6H2,1H3. The van der Waals surface area contributed by atoms with Crippen LogP contribution in [0.1, 0.15) is 23.7 Å². The lowest BCUT2D eigenvalue weighted by molar-refractivity contribution is 0.0994. The number of aryl methyl sites for hydroxylation is 1. The largest absolute Gasteiger partial charge is 0.353 e. The molecule has 2 rings (SSSR count). The van der Waals surface area contributed by atoms with Crippen LogP contribution in [0.3, 0.4) is 0 Å². The smallest absolute Gasteiger partial charge is 0.200 e. The van der Waals surface area contributed by atoms with E-state index in [9.17, 15) is 14.0 Å². The molecule has 1 unspecified atom stereocenters. The van der Waals surface area contributed by atoms with E-state index >= 15 is 0 Å². The van der Waals surface area contributed by atoms with Crippen molar-refractivity contribution in [2.45, 2.75) is 28.5 Å². The maximum atomic E-state index is 13.5. The van der Waals surface area contributed by atoms with Gasteiger partial charge in [-0.1, -0.05) is 66.8 Å².